The number of halogens is 2. The van der Waals surface area contributed by atoms with E-state index in [4.69, 9.17) is 11.6 Å². The second kappa shape index (κ2) is 6.93. The number of hydrogen-bond acceptors (Lipinski definition) is 2. The number of hydrogen-bond donors (Lipinski definition) is 0. The fraction of sp³-hybridized carbons (Fsp3) is 0.100. The first-order valence-corrected chi connectivity index (χ1v) is 7.92. The first-order valence-electron chi connectivity index (χ1n) is 7.55. The van der Waals surface area contributed by atoms with Crippen LogP contribution in [0.4, 0.5) is 4.39 Å². The number of rotatable bonds is 4. The van der Waals surface area contributed by atoms with Crippen LogP contribution < -0.4 is 0 Å². The normalized spacial score (nSPS) is 10.6. The van der Waals surface area contributed by atoms with Gasteiger partial charge in [0.2, 0.25) is 0 Å². The van der Waals surface area contributed by atoms with Crippen molar-refractivity contribution in [2.45, 2.75) is 13.3 Å². The summed E-state index contributed by atoms with van der Waals surface area (Å²) in [7, 11) is 0. The van der Waals surface area contributed by atoms with E-state index in [0.717, 1.165) is 11.1 Å². The number of carbonyl (C=O) groups is 1. The van der Waals surface area contributed by atoms with Gasteiger partial charge in [-0.1, -0.05) is 29.8 Å². The van der Waals surface area contributed by atoms with Crippen LogP contribution in [0, 0.1) is 5.82 Å². The van der Waals surface area contributed by atoms with Crippen molar-refractivity contribution < 1.29 is 9.18 Å². The second-order valence-electron chi connectivity index (χ2n) is 5.52. The highest BCUT2D eigenvalue weighted by atomic mass is 35.5. The number of aromatic nitrogens is 1. The monoisotopic (exact) mass is 339 g/mol. The van der Waals surface area contributed by atoms with E-state index in [9.17, 15) is 9.18 Å². The van der Waals surface area contributed by atoms with Gasteiger partial charge in [0.05, 0.1) is 11.4 Å². The maximum Gasteiger partial charge on any atom is 0.161 e. The number of Topliss-reactive ketones (excluding diaryl/α,β-unsaturated/α-hetero) is 1. The third-order valence-electron chi connectivity index (χ3n) is 3.81. The van der Waals surface area contributed by atoms with Crippen molar-refractivity contribution in [3.05, 3.63) is 88.3 Å². The van der Waals surface area contributed by atoms with Crippen molar-refractivity contribution in [3.63, 3.8) is 0 Å². The topological polar surface area (TPSA) is 30.0 Å². The Balaban J connectivity index is 2.05. The van der Waals surface area contributed by atoms with Gasteiger partial charge < -0.3 is 0 Å². The minimum Gasteiger partial charge on any atom is -0.294 e. The Morgan fingerprint density at radius 3 is 2.42 bits per heavy atom. The molecule has 0 saturated heterocycles. The molecule has 120 valence electrons. The van der Waals surface area contributed by atoms with Gasteiger partial charge in [0.15, 0.2) is 5.78 Å². The van der Waals surface area contributed by atoms with E-state index >= 15 is 0 Å². The minimum atomic E-state index is -0.296. The van der Waals surface area contributed by atoms with Crippen molar-refractivity contribution in [2.24, 2.45) is 0 Å². The molecule has 0 atom stereocenters. The van der Waals surface area contributed by atoms with Gasteiger partial charge >= 0.3 is 0 Å². The molecule has 24 heavy (non-hydrogen) atoms. The van der Waals surface area contributed by atoms with Gasteiger partial charge in [-0.15, -0.1) is 0 Å². The van der Waals surface area contributed by atoms with E-state index in [1.807, 2.05) is 24.3 Å². The largest absolute Gasteiger partial charge is 0.294 e. The third-order valence-corrected chi connectivity index (χ3v) is 4.18. The Labute approximate surface area is 144 Å². The standard InChI is InChI=1S/C20H15ClFNO/c1-13(24)17-10-11-19(14-6-8-16(22)9-7-14)23-20(17)12-15-4-2-3-5-18(15)21/h2-11H,12H2,1H3. The molecule has 0 amide bonds. The van der Waals surface area contributed by atoms with Crippen molar-refractivity contribution in [3.8, 4) is 11.3 Å². The van der Waals surface area contributed by atoms with Gasteiger partial charge in [-0.3, -0.25) is 9.78 Å². The highest BCUT2D eigenvalue weighted by Gasteiger charge is 2.13. The molecule has 0 fully saturated rings. The molecule has 0 radical (unpaired) electrons. The molecule has 2 aromatic carbocycles. The summed E-state index contributed by atoms with van der Waals surface area (Å²) in [6.45, 7) is 1.52. The Bertz CT molecular complexity index is 890. The maximum absolute atomic E-state index is 13.1. The summed E-state index contributed by atoms with van der Waals surface area (Å²) in [6, 6.07) is 17.2. The molecule has 1 aromatic heterocycles. The van der Waals surface area contributed by atoms with Gasteiger partial charge in [0.25, 0.3) is 0 Å². The van der Waals surface area contributed by atoms with E-state index in [1.165, 1.54) is 19.1 Å². The minimum absolute atomic E-state index is 0.0461. The molecular weight excluding hydrogens is 325 g/mol. The zero-order valence-corrected chi connectivity index (χ0v) is 13.8. The summed E-state index contributed by atoms with van der Waals surface area (Å²) < 4.78 is 13.1. The molecule has 0 bridgehead atoms. The average Bonchev–Trinajstić information content (AvgIpc) is 2.57. The fourth-order valence-electron chi connectivity index (χ4n) is 2.56. The molecule has 1 heterocycles. The van der Waals surface area contributed by atoms with E-state index in [2.05, 4.69) is 4.98 Å². The number of benzene rings is 2. The van der Waals surface area contributed by atoms with Gasteiger partial charge in [-0.2, -0.15) is 0 Å². The molecule has 0 aliphatic carbocycles. The molecule has 0 unspecified atom stereocenters. The van der Waals surface area contributed by atoms with Crippen molar-refractivity contribution in [1.82, 2.24) is 4.98 Å². The van der Waals surface area contributed by atoms with Crippen LogP contribution in [0.2, 0.25) is 5.02 Å². The summed E-state index contributed by atoms with van der Waals surface area (Å²) in [4.78, 5) is 16.5. The average molecular weight is 340 g/mol. The molecule has 0 saturated carbocycles. The highest BCUT2D eigenvalue weighted by Crippen LogP contribution is 2.24. The molecule has 0 N–H and O–H groups in total. The predicted molar refractivity (Wildman–Crippen MR) is 93.9 cm³/mol. The summed E-state index contributed by atoms with van der Waals surface area (Å²) in [5.41, 5.74) is 3.64. The summed E-state index contributed by atoms with van der Waals surface area (Å²) >= 11 is 6.23. The molecule has 2 nitrogen and oxygen atoms in total. The smallest absolute Gasteiger partial charge is 0.161 e. The summed E-state index contributed by atoms with van der Waals surface area (Å²) in [5.74, 6) is -0.342. The number of pyridine rings is 1. The molecule has 0 aliphatic heterocycles. The van der Waals surface area contributed by atoms with Crippen LogP contribution in [-0.2, 0) is 6.42 Å². The quantitative estimate of drug-likeness (QED) is 0.601. The van der Waals surface area contributed by atoms with Crippen LogP contribution >= 0.6 is 11.6 Å². The van der Waals surface area contributed by atoms with E-state index < -0.39 is 0 Å². The van der Waals surface area contributed by atoms with Gasteiger partial charge in [0, 0.05) is 22.6 Å². The van der Waals surface area contributed by atoms with Crippen LogP contribution in [0.15, 0.2) is 60.7 Å². The molecule has 0 aliphatic rings. The first kappa shape index (κ1) is 16.3. The lowest BCUT2D eigenvalue weighted by Gasteiger charge is -2.10. The van der Waals surface area contributed by atoms with E-state index in [0.29, 0.717) is 28.4 Å². The fourth-order valence-corrected chi connectivity index (χ4v) is 2.76. The molecule has 0 spiro atoms. The molecule has 3 aromatic rings. The Morgan fingerprint density at radius 1 is 1.04 bits per heavy atom. The van der Waals surface area contributed by atoms with E-state index in [-0.39, 0.29) is 11.6 Å². The maximum atomic E-state index is 13.1. The highest BCUT2D eigenvalue weighted by molar-refractivity contribution is 6.31. The van der Waals surface area contributed by atoms with E-state index in [1.54, 1.807) is 24.3 Å². The molecule has 4 heteroatoms. The summed E-state index contributed by atoms with van der Waals surface area (Å²) in [6.07, 6.45) is 0.462. The van der Waals surface area contributed by atoms with Crippen LogP contribution in [0.1, 0.15) is 28.5 Å². The third kappa shape index (κ3) is 3.52. The van der Waals surface area contributed by atoms with Gasteiger partial charge in [-0.25, -0.2) is 4.39 Å². The van der Waals surface area contributed by atoms with Gasteiger partial charge in [0.1, 0.15) is 5.82 Å². The predicted octanol–water partition coefficient (Wildman–Crippen LogP) is 5.33. The SMILES string of the molecule is CC(=O)c1ccc(-c2ccc(F)cc2)nc1Cc1ccccc1Cl. The first-order chi connectivity index (χ1) is 11.5. The van der Waals surface area contributed by atoms with Crippen molar-refractivity contribution in [2.75, 3.05) is 0 Å². The Hall–Kier alpha value is -2.52. The Morgan fingerprint density at radius 2 is 1.75 bits per heavy atom. The molecule has 3 rings (SSSR count). The Kier molecular flexibility index (Phi) is 4.72. The summed E-state index contributed by atoms with van der Waals surface area (Å²) in [5, 5.41) is 0.640. The van der Waals surface area contributed by atoms with Crippen LogP contribution in [-0.4, -0.2) is 10.8 Å². The lowest BCUT2D eigenvalue weighted by molar-refractivity contribution is 0.101. The zero-order chi connectivity index (χ0) is 17.1. The zero-order valence-electron chi connectivity index (χ0n) is 13.1. The number of ketones is 1. The van der Waals surface area contributed by atoms with Crippen LogP contribution in [0.3, 0.4) is 0 Å². The lowest BCUT2D eigenvalue weighted by atomic mass is 10.0. The number of nitrogens with zero attached hydrogens (tertiary/aromatic N) is 1. The van der Waals surface area contributed by atoms with Crippen LogP contribution in [0.5, 0.6) is 0 Å². The number of carbonyl (C=O) groups excluding carboxylic acids is 1. The van der Waals surface area contributed by atoms with Crippen LogP contribution in [0.25, 0.3) is 11.3 Å². The molecular formula is C20H15ClFNO. The van der Waals surface area contributed by atoms with Gasteiger partial charge in [-0.05, 0) is 55.0 Å². The lowest BCUT2D eigenvalue weighted by Crippen LogP contribution is -2.05. The van der Waals surface area contributed by atoms with Crippen molar-refractivity contribution in [1.29, 1.82) is 0 Å². The van der Waals surface area contributed by atoms with Crippen molar-refractivity contribution >= 4 is 17.4 Å². The second-order valence-corrected chi connectivity index (χ2v) is 5.93.